The SMILES string of the molecule is [2H]C1([2H])C[C@@]2(C)C(CC[C@]3(C)[C@@H]2C(=O)C=C2[C@H]4C[C@@](C)(C(=O)O)CC[C@]4(C)CC[C@]23C)C(C)(C)C1=O. The molecule has 1 unspecified atom stereocenters. The van der Waals surface area contributed by atoms with Crippen molar-refractivity contribution >= 4 is 17.5 Å². The Labute approximate surface area is 208 Å². The van der Waals surface area contributed by atoms with Crippen LogP contribution in [0, 0.1) is 50.2 Å². The highest BCUT2D eigenvalue weighted by Crippen LogP contribution is 2.74. The van der Waals surface area contributed by atoms with Crippen LogP contribution in [0.25, 0.3) is 0 Å². The first-order valence-corrected chi connectivity index (χ1v) is 13.3. The third-order valence-electron chi connectivity index (χ3n) is 12.4. The summed E-state index contributed by atoms with van der Waals surface area (Å²) in [5.74, 6) is -1.32. The minimum absolute atomic E-state index is 0.00163. The Kier molecular flexibility index (Phi) is 4.39. The van der Waals surface area contributed by atoms with Crippen molar-refractivity contribution in [3.8, 4) is 0 Å². The average Bonchev–Trinajstić information content (AvgIpc) is 2.74. The Balaban J connectivity index is 1.65. The van der Waals surface area contributed by atoms with E-state index in [2.05, 4.69) is 27.7 Å². The van der Waals surface area contributed by atoms with Gasteiger partial charge < -0.3 is 5.11 Å². The van der Waals surface area contributed by atoms with Crippen molar-refractivity contribution in [1.29, 1.82) is 0 Å². The number of rotatable bonds is 1. The van der Waals surface area contributed by atoms with Gasteiger partial charge in [0.25, 0.3) is 0 Å². The van der Waals surface area contributed by atoms with Gasteiger partial charge in [0.15, 0.2) is 5.78 Å². The minimum atomic E-state index is -1.95. The summed E-state index contributed by atoms with van der Waals surface area (Å²) < 4.78 is 17.3. The molecule has 0 spiro atoms. The second-order valence-corrected chi connectivity index (χ2v) is 14.5. The molecule has 5 aliphatic carbocycles. The van der Waals surface area contributed by atoms with E-state index in [0.717, 1.165) is 37.7 Å². The fourth-order valence-corrected chi connectivity index (χ4v) is 9.84. The quantitative estimate of drug-likeness (QED) is 0.467. The standard InChI is InChI=1S/C30H44O4/c1-25(2)21-8-11-30(7)23(28(21,5)10-9-22(25)32)20(31)16-18-19-17-27(4,24(33)34)13-12-26(19,3)14-15-29(18,30)6/h16,19,21,23H,8-15,17H2,1-7H3,(H,33,34)/t19-,21?,23-,26-,27+,28+,29-,30-/m1/s1/i9D2. The second-order valence-electron chi connectivity index (χ2n) is 14.5. The van der Waals surface area contributed by atoms with Gasteiger partial charge in [0.05, 0.1) is 5.41 Å². The van der Waals surface area contributed by atoms with Crippen LogP contribution in [0.1, 0.15) is 109 Å². The van der Waals surface area contributed by atoms with E-state index in [1.165, 1.54) is 0 Å². The minimum Gasteiger partial charge on any atom is -0.481 e. The van der Waals surface area contributed by atoms with Crippen LogP contribution in [-0.4, -0.2) is 22.6 Å². The topological polar surface area (TPSA) is 71.4 Å². The Bertz CT molecular complexity index is 1090. The first-order valence-electron chi connectivity index (χ1n) is 14.3. The lowest BCUT2D eigenvalue weighted by atomic mass is 9.33. The zero-order chi connectivity index (χ0) is 26.9. The fourth-order valence-electron chi connectivity index (χ4n) is 9.84. The Morgan fingerprint density at radius 1 is 0.971 bits per heavy atom. The lowest BCUT2D eigenvalue weighted by Crippen LogP contribution is -2.66. The largest absolute Gasteiger partial charge is 0.481 e. The highest BCUT2D eigenvalue weighted by atomic mass is 16.4. The van der Waals surface area contributed by atoms with Crippen molar-refractivity contribution in [3.05, 3.63) is 11.6 Å². The van der Waals surface area contributed by atoms with Gasteiger partial charge in [-0.25, -0.2) is 0 Å². The molecule has 5 rings (SSSR count). The normalized spacial score (nSPS) is 54.3. The summed E-state index contributed by atoms with van der Waals surface area (Å²) >= 11 is 0. The molecule has 0 aromatic carbocycles. The molecule has 0 amide bonds. The number of aliphatic carboxylic acids is 1. The summed E-state index contributed by atoms with van der Waals surface area (Å²) in [7, 11) is 0. The number of carbonyl (C=O) groups is 3. The van der Waals surface area contributed by atoms with Gasteiger partial charge in [-0.2, -0.15) is 0 Å². The van der Waals surface area contributed by atoms with Crippen molar-refractivity contribution in [2.24, 2.45) is 50.2 Å². The van der Waals surface area contributed by atoms with Gasteiger partial charge >= 0.3 is 5.97 Å². The molecule has 5 aliphatic rings. The smallest absolute Gasteiger partial charge is 0.309 e. The maximum atomic E-state index is 14.3. The number of hydrogen-bond donors (Lipinski definition) is 1. The number of Topliss-reactive ketones (excluding diaryl/α,β-unsaturated/α-hetero) is 1. The van der Waals surface area contributed by atoms with E-state index >= 15 is 0 Å². The van der Waals surface area contributed by atoms with E-state index in [1.807, 2.05) is 26.8 Å². The molecule has 0 radical (unpaired) electrons. The van der Waals surface area contributed by atoms with Gasteiger partial charge in [0, 0.05) is 20.4 Å². The van der Waals surface area contributed by atoms with E-state index < -0.39 is 28.6 Å². The summed E-state index contributed by atoms with van der Waals surface area (Å²) in [6.07, 6.45) is 5.75. The monoisotopic (exact) mass is 470 g/mol. The molecule has 4 heteroatoms. The number of carboxylic acid groups (broad SMARTS) is 1. The number of fused-ring (bicyclic) bond motifs is 7. The summed E-state index contributed by atoms with van der Waals surface area (Å²) in [6, 6.07) is 0. The van der Waals surface area contributed by atoms with E-state index in [9.17, 15) is 19.5 Å². The highest BCUT2D eigenvalue weighted by Gasteiger charge is 2.70. The van der Waals surface area contributed by atoms with Crippen molar-refractivity contribution in [3.63, 3.8) is 0 Å². The van der Waals surface area contributed by atoms with Crippen molar-refractivity contribution in [1.82, 2.24) is 0 Å². The lowest BCUT2D eigenvalue weighted by Gasteiger charge is -2.69. The van der Waals surface area contributed by atoms with Gasteiger partial charge in [-0.3, -0.25) is 14.4 Å². The predicted octanol–water partition coefficient (Wildman–Crippen LogP) is 6.62. The molecule has 1 N–H and O–H groups in total. The Hall–Kier alpha value is -1.45. The van der Waals surface area contributed by atoms with Gasteiger partial charge in [-0.1, -0.05) is 47.1 Å². The van der Waals surface area contributed by atoms with Crippen LogP contribution in [0.5, 0.6) is 0 Å². The molecular weight excluding hydrogens is 424 g/mol. The Morgan fingerprint density at radius 2 is 1.62 bits per heavy atom. The molecule has 4 fully saturated rings. The number of hydrogen-bond acceptors (Lipinski definition) is 3. The predicted molar refractivity (Wildman–Crippen MR) is 132 cm³/mol. The maximum Gasteiger partial charge on any atom is 0.309 e. The van der Waals surface area contributed by atoms with Gasteiger partial charge in [0.2, 0.25) is 0 Å². The molecule has 0 aromatic rings. The highest BCUT2D eigenvalue weighted by molar-refractivity contribution is 5.96. The third-order valence-corrected chi connectivity index (χ3v) is 12.4. The number of allylic oxidation sites excluding steroid dienone is 2. The van der Waals surface area contributed by atoms with Crippen LogP contribution in [0.15, 0.2) is 11.6 Å². The molecule has 0 heterocycles. The summed E-state index contributed by atoms with van der Waals surface area (Å²) in [4.78, 5) is 39.7. The fraction of sp³-hybridized carbons (Fsp3) is 0.833. The maximum absolute atomic E-state index is 14.3. The molecular formula is C30H44O4. The van der Waals surface area contributed by atoms with Gasteiger partial charge in [-0.15, -0.1) is 0 Å². The van der Waals surface area contributed by atoms with Crippen molar-refractivity contribution in [2.45, 2.75) is 106 Å². The average molecular weight is 471 g/mol. The van der Waals surface area contributed by atoms with Crippen LogP contribution in [0.3, 0.4) is 0 Å². The zero-order valence-electron chi connectivity index (χ0n) is 24.1. The number of ketones is 2. The van der Waals surface area contributed by atoms with Crippen LogP contribution >= 0.6 is 0 Å². The lowest BCUT2D eigenvalue weighted by molar-refractivity contribution is -0.188. The summed E-state index contributed by atoms with van der Waals surface area (Å²) in [6.45, 7) is 14.6. The summed E-state index contributed by atoms with van der Waals surface area (Å²) in [5, 5.41) is 10.1. The van der Waals surface area contributed by atoms with Crippen LogP contribution < -0.4 is 0 Å². The number of carbonyl (C=O) groups excluding carboxylic acids is 2. The molecule has 188 valence electrons. The Morgan fingerprint density at radius 3 is 2.26 bits per heavy atom. The molecule has 8 atom stereocenters. The van der Waals surface area contributed by atoms with E-state index in [1.54, 1.807) is 0 Å². The first-order chi connectivity index (χ1) is 16.3. The molecule has 0 saturated heterocycles. The molecule has 4 nitrogen and oxygen atoms in total. The molecule has 0 bridgehead atoms. The van der Waals surface area contributed by atoms with Crippen molar-refractivity contribution in [2.75, 3.05) is 0 Å². The number of carboxylic acids is 1. The van der Waals surface area contributed by atoms with E-state index in [4.69, 9.17) is 2.74 Å². The molecule has 0 aliphatic heterocycles. The second kappa shape index (κ2) is 6.85. The van der Waals surface area contributed by atoms with Crippen LogP contribution in [-0.2, 0) is 14.4 Å². The molecule has 0 aromatic heterocycles. The van der Waals surface area contributed by atoms with Crippen molar-refractivity contribution < 1.29 is 22.2 Å². The van der Waals surface area contributed by atoms with E-state index in [-0.39, 0.29) is 52.0 Å². The van der Waals surface area contributed by atoms with Crippen LogP contribution in [0.4, 0.5) is 0 Å². The molecule has 4 saturated carbocycles. The van der Waals surface area contributed by atoms with Crippen LogP contribution in [0.2, 0.25) is 0 Å². The van der Waals surface area contributed by atoms with E-state index in [0.29, 0.717) is 12.8 Å². The third kappa shape index (κ3) is 2.75. The van der Waals surface area contributed by atoms with Gasteiger partial charge in [0.1, 0.15) is 5.78 Å². The first kappa shape index (κ1) is 21.8. The van der Waals surface area contributed by atoms with Gasteiger partial charge in [-0.05, 0) is 97.9 Å². The summed E-state index contributed by atoms with van der Waals surface area (Å²) in [5.41, 5.74) is -1.66. The zero-order valence-corrected chi connectivity index (χ0v) is 22.1. The molecule has 34 heavy (non-hydrogen) atoms.